The van der Waals surface area contributed by atoms with Gasteiger partial charge in [0.05, 0.1) is 11.0 Å². The highest BCUT2D eigenvalue weighted by Gasteiger charge is 2.35. The molecule has 1 saturated carbocycles. The van der Waals surface area contributed by atoms with Gasteiger partial charge >= 0.3 is 0 Å². The molecule has 3 nitrogen and oxygen atoms in total. The van der Waals surface area contributed by atoms with Crippen molar-refractivity contribution in [3.63, 3.8) is 0 Å². The first kappa shape index (κ1) is 15.9. The lowest BCUT2D eigenvalue weighted by Crippen LogP contribution is -2.39. The van der Waals surface area contributed by atoms with E-state index < -0.39 is 6.10 Å². The summed E-state index contributed by atoms with van der Waals surface area (Å²) in [5.74, 6) is 0. The molecule has 2 N–H and O–H groups in total. The highest BCUT2D eigenvalue weighted by molar-refractivity contribution is 7.11. The first-order chi connectivity index (χ1) is 10.6. The molecule has 0 aliphatic heterocycles. The quantitative estimate of drug-likeness (QED) is 0.850. The number of nitrogens with zero attached hydrogens (tertiary/aromatic N) is 1. The molecule has 1 atom stereocenters. The predicted octanol–water partition coefficient (Wildman–Crippen LogP) is 4.41. The first-order valence-electron chi connectivity index (χ1n) is 7.73. The van der Waals surface area contributed by atoms with Crippen LogP contribution in [0.3, 0.4) is 0 Å². The molecule has 1 fully saturated rings. The molecule has 0 radical (unpaired) electrons. The molecule has 3 rings (SSSR count). The van der Waals surface area contributed by atoms with Crippen molar-refractivity contribution in [2.45, 2.75) is 50.8 Å². The van der Waals surface area contributed by atoms with Gasteiger partial charge in [0.25, 0.3) is 0 Å². The van der Waals surface area contributed by atoms with E-state index in [0.29, 0.717) is 0 Å². The lowest BCUT2D eigenvalue weighted by atomic mass is 9.88. The van der Waals surface area contributed by atoms with Crippen LogP contribution in [-0.2, 0) is 12.1 Å². The molecule has 1 heterocycles. The van der Waals surface area contributed by atoms with Crippen molar-refractivity contribution in [1.82, 2.24) is 10.3 Å². The van der Waals surface area contributed by atoms with Crippen LogP contribution in [-0.4, -0.2) is 10.1 Å². The molecule has 0 spiro atoms. The summed E-state index contributed by atoms with van der Waals surface area (Å²) in [7, 11) is 0. The largest absolute Gasteiger partial charge is 0.388 e. The number of aliphatic hydroxyl groups excluding tert-OH is 1. The summed E-state index contributed by atoms with van der Waals surface area (Å²) in [5.41, 5.74) is 1.27. The van der Waals surface area contributed by atoms with E-state index in [4.69, 9.17) is 11.6 Å². The van der Waals surface area contributed by atoms with Gasteiger partial charge in [-0.25, -0.2) is 4.98 Å². The molecule has 1 unspecified atom stereocenters. The van der Waals surface area contributed by atoms with Crippen LogP contribution < -0.4 is 5.32 Å². The van der Waals surface area contributed by atoms with E-state index in [0.717, 1.165) is 34.3 Å². The highest BCUT2D eigenvalue weighted by Crippen LogP contribution is 2.39. The third-order valence-electron chi connectivity index (χ3n) is 4.40. The lowest BCUT2D eigenvalue weighted by molar-refractivity contribution is 0.203. The van der Waals surface area contributed by atoms with Crippen LogP contribution in [0, 0.1) is 0 Å². The topological polar surface area (TPSA) is 45.2 Å². The second kappa shape index (κ2) is 6.67. The van der Waals surface area contributed by atoms with E-state index in [1.807, 2.05) is 12.1 Å². The molecule has 118 valence electrons. The van der Waals surface area contributed by atoms with Gasteiger partial charge in [0.2, 0.25) is 0 Å². The standard InChI is InChI=1S/C17H21ClN2OS/c1-12(21)15-10-19-16(22-15)11-20-17(7-2-3-8-17)13-5-4-6-14(18)9-13/h4-6,9-10,12,20-21H,2-3,7-8,11H2,1H3. The average Bonchev–Trinajstić information content (AvgIpc) is 3.15. The van der Waals surface area contributed by atoms with E-state index in [2.05, 4.69) is 22.4 Å². The zero-order valence-corrected chi connectivity index (χ0v) is 14.3. The van der Waals surface area contributed by atoms with E-state index in [1.54, 1.807) is 24.5 Å². The number of hydrogen-bond acceptors (Lipinski definition) is 4. The molecule has 0 amide bonds. The highest BCUT2D eigenvalue weighted by atomic mass is 35.5. The normalized spacial score (nSPS) is 18.5. The molecule has 1 aromatic carbocycles. The molecule has 22 heavy (non-hydrogen) atoms. The Morgan fingerprint density at radius 1 is 1.41 bits per heavy atom. The summed E-state index contributed by atoms with van der Waals surface area (Å²) in [6.07, 6.45) is 6.04. The number of benzene rings is 1. The van der Waals surface area contributed by atoms with Gasteiger partial charge in [-0.1, -0.05) is 36.6 Å². The Hall–Kier alpha value is -0.940. The fraction of sp³-hybridized carbons (Fsp3) is 0.471. The Kier molecular flexibility index (Phi) is 4.83. The van der Waals surface area contributed by atoms with Crippen LogP contribution in [0.25, 0.3) is 0 Å². The molecule has 5 heteroatoms. The minimum absolute atomic E-state index is 0.00155. The second-order valence-corrected chi connectivity index (χ2v) is 7.57. The summed E-state index contributed by atoms with van der Waals surface area (Å²) >= 11 is 7.75. The van der Waals surface area contributed by atoms with Crippen molar-refractivity contribution in [3.05, 3.63) is 50.9 Å². The SMILES string of the molecule is CC(O)c1cnc(CNC2(c3cccc(Cl)c3)CCCC2)s1. The van der Waals surface area contributed by atoms with Crippen LogP contribution in [0.5, 0.6) is 0 Å². The van der Waals surface area contributed by atoms with E-state index in [-0.39, 0.29) is 5.54 Å². The summed E-state index contributed by atoms with van der Waals surface area (Å²) in [6, 6.07) is 8.17. The van der Waals surface area contributed by atoms with Crippen LogP contribution in [0.2, 0.25) is 5.02 Å². The van der Waals surface area contributed by atoms with Gasteiger partial charge in [0.15, 0.2) is 0 Å². The average molecular weight is 337 g/mol. The Bertz CT molecular complexity index is 635. The number of aliphatic hydroxyl groups is 1. The number of nitrogens with one attached hydrogen (secondary N) is 1. The molecule has 1 aromatic heterocycles. The number of aromatic nitrogens is 1. The molecular formula is C17H21ClN2OS. The molecule has 1 aliphatic carbocycles. The molecule has 2 aromatic rings. The second-order valence-electron chi connectivity index (χ2n) is 5.99. The van der Waals surface area contributed by atoms with Crippen LogP contribution in [0.4, 0.5) is 0 Å². The van der Waals surface area contributed by atoms with E-state index >= 15 is 0 Å². The van der Waals surface area contributed by atoms with Crippen molar-refractivity contribution in [3.8, 4) is 0 Å². The maximum Gasteiger partial charge on any atom is 0.107 e. The summed E-state index contributed by atoms with van der Waals surface area (Å²) in [4.78, 5) is 5.33. The van der Waals surface area contributed by atoms with Crippen molar-refractivity contribution >= 4 is 22.9 Å². The van der Waals surface area contributed by atoms with Gasteiger partial charge in [0.1, 0.15) is 5.01 Å². The van der Waals surface area contributed by atoms with Gasteiger partial charge in [-0.05, 0) is 37.5 Å². The van der Waals surface area contributed by atoms with E-state index in [1.165, 1.54) is 18.4 Å². The summed E-state index contributed by atoms with van der Waals surface area (Å²) < 4.78 is 0. The maximum absolute atomic E-state index is 9.61. The fourth-order valence-corrected chi connectivity index (χ4v) is 4.16. The molecular weight excluding hydrogens is 316 g/mol. The van der Waals surface area contributed by atoms with Crippen LogP contribution in [0.1, 0.15) is 54.2 Å². The van der Waals surface area contributed by atoms with Crippen molar-refractivity contribution in [2.24, 2.45) is 0 Å². The molecule has 1 aliphatic rings. The Morgan fingerprint density at radius 3 is 2.82 bits per heavy atom. The number of rotatable bonds is 5. The third kappa shape index (κ3) is 3.35. The minimum Gasteiger partial charge on any atom is -0.388 e. The third-order valence-corrected chi connectivity index (χ3v) is 5.80. The van der Waals surface area contributed by atoms with Gasteiger partial charge < -0.3 is 10.4 Å². The minimum atomic E-state index is -0.445. The lowest BCUT2D eigenvalue weighted by Gasteiger charge is -2.31. The van der Waals surface area contributed by atoms with Crippen molar-refractivity contribution in [2.75, 3.05) is 0 Å². The predicted molar refractivity (Wildman–Crippen MR) is 91.2 cm³/mol. The summed E-state index contributed by atoms with van der Waals surface area (Å²) in [6.45, 7) is 2.50. The van der Waals surface area contributed by atoms with E-state index in [9.17, 15) is 5.11 Å². The van der Waals surface area contributed by atoms with Gasteiger partial charge in [-0.2, -0.15) is 0 Å². The summed E-state index contributed by atoms with van der Waals surface area (Å²) in [5, 5.41) is 15.1. The number of thiazole rings is 1. The number of halogens is 1. The van der Waals surface area contributed by atoms with Gasteiger partial charge in [0, 0.05) is 23.3 Å². The van der Waals surface area contributed by atoms with Crippen LogP contribution in [0.15, 0.2) is 30.5 Å². The monoisotopic (exact) mass is 336 g/mol. The fourth-order valence-electron chi connectivity index (χ4n) is 3.18. The molecule has 0 saturated heterocycles. The Morgan fingerprint density at radius 2 is 2.18 bits per heavy atom. The smallest absolute Gasteiger partial charge is 0.107 e. The molecule has 0 bridgehead atoms. The van der Waals surface area contributed by atoms with Crippen LogP contribution >= 0.6 is 22.9 Å². The van der Waals surface area contributed by atoms with Gasteiger partial charge in [-0.15, -0.1) is 11.3 Å². The zero-order chi connectivity index (χ0) is 15.6. The maximum atomic E-state index is 9.61. The Labute approximate surface area is 140 Å². The number of hydrogen-bond donors (Lipinski definition) is 2. The zero-order valence-electron chi connectivity index (χ0n) is 12.7. The van der Waals surface area contributed by atoms with Crippen molar-refractivity contribution < 1.29 is 5.11 Å². The first-order valence-corrected chi connectivity index (χ1v) is 8.92. The van der Waals surface area contributed by atoms with Crippen molar-refractivity contribution in [1.29, 1.82) is 0 Å². The Balaban J connectivity index is 1.77. The van der Waals surface area contributed by atoms with Gasteiger partial charge in [-0.3, -0.25) is 0 Å².